The van der Waals surface area contributed by atoms with Gasteiger partial charge in [-0.05, 0) is 19.4 Å². The van der Waals surface area contributed by atoms with Crippen LogP contribution in [-0.4, -0.2) is 169 Å². The second-order valence-corrected chi connectivity index (χ2v) is 11.7. The molecule has 18 atom stereocenters. The number of nitrogens with one attached hydrogen (secondary N) is 2. The Balaban J connectivity index is 1.61. The molecule has 2 aliphatic carbocycles. The van der Waals surface area contributed by atoms with Gasteiger partial charge in [0.15, 0.2) is 6.29 Å². The van der Waals surface area contributed by atoms with E-state index < -0.39 is 116 Å². The van der Waals surface area contributed by atoms with Crippen LogP contribution >= 0.6 is 0 Å². The number of hydrogen-bond acceptors (Lipinski definition) is 17. The van der Waals surface area contributed by atoms with Crippen molar-refractivity contribution in [2.75, 3.05) is 19.7 Å². The molecule has 17 nitrogen and oxygen atoms in total. The Morgan fingerprint density at radius 3 is 2.17 bits per heavy atom. The van der Waals surface area contributed by atoms with E-state index in [9.17, 15) is 46.0 Å². The van der Waals surface area contributed by atoms with Crippen molar-refractivity contribution in [1.82, 2.24) is 10.6 Å². The third-order valence-electron chi connectivity index (χ3n) is 8.98. The molecule has 0 aromatic carbocycles. The van der Waals surface area contributed by atoms with Crippen LogP contribution in [0.3, 0.4) is 0 Å². The highest BCUT2D eigenvalue weighted by Gasteiger charge is 2.59. The largest absolute Gasteiger partial charge is 0.394 e. The highest BCUT2D eigenvalue weighted by molar-refractivity contribution is 5.13. The average molecular weight is 598 g/mol. The van der Waals surface area contributed by atoms with E-state index in [1.54, 1.807) is 0 Å². The molecule has 0 radical (unpaired) electrons. The molecule has 2 saturated carbocycles. The monoisotopic (exact) mass is 597 g/mol. The first-order chi connectivity index (χ1) is 19.3. The Hall–Kier alpha value is -0.680. The van der Waals surface area contributed by atoms with Gasteiger partial charge >= 0.3 is 0 Å². The minimum atomic E-state index is -1.65. The molecule has 4 aliphatic rings. The quantitative estimate of drug-likeness (QED) is 0.104. The molecule has 18 unspecified atom stereocenters. The number of hydrogen-bond donors (Lipinski definition) is 14. The summed E-state index contributed by atoms with van der Waals surface area (Å²) in [5, 5.41) is 101. The summed E-state index contributed by atoms with van der Waals surface area (Å²) in [5.74, 6) is -1.10. The minimum Gasteiger partial charge on any atom is -0.394 e. The smallest absolute Gasteiger partial charge is 0.186 e. The second-order valence-electron chi connectivity index (χ2n) is 11.7. The summed E-state index contributed by atoms with van der Waals surface area (Å²) in [6, 6.07) is -3.88. The summed E-state index contributed by atoms with van der Waals surface area (Å²) in [7, 11) is 0. The van der Waals surface area contributed by atoms with Gasteiger partial charge < -0.3 is 82.7 Å². The molecule has 0 spiro atoms. The number of likely N-dealkylation sites (N-methyl/N-ethyl adjacent to an activating group) is 1. The maximum atomic E-state index is 11.7. The SMILES string of the molecule is CCNCC1OC(C2C(N)CC(NC(O)C3(O)CC3N)C(OC3OC(CO)C(O)C(N)C3O)C2O)C(O)C(O)C1O. The molecular formula is C24H47N5O12. The lowest BCUT2D eigenvalue weighted by molar-refractivity contribution is -0.311. The fourth-order valence-electron chi connectivity index (χ4n) is 6.16. The molecule has 17 heteroatoms. The van der Waals surface area contributed by atoms with Gasteiger partial charge in [0.1, 0.15) is 54.6 Å². The fourth-order valence-corrected chi connectivity index (χ4v) is 6.16. The number of nitrogens with two attached hydrogens (primary N) is 3. The molecule has 41 heavy (non-hydrogen) atoms. The van der Waals surface area contributed by atoms with Crippen molar-refractivity contribution < 1.29 is 60.2 Å². The zero-order valence-corrected chi connectivity index (χ0v) is 22.8. The van der Waals surface area contributed by atoms with Gasteiger partial charge in [-0.15, -0.1) is 0 Å². The topological polar surface area (TPSA) is 312 Å². The highest BCUT2D eigenvalue weighted by atomic mass is 16.7. The van der Waals surface area contributed by atoms with Crippen LogP contribution in [0.25, 0.3) is 0 Å². The summed E-state index contributed by atoms with van der Waals surface area (Å²) in [4.78, 5) is 0. The van der Waals surface area contributed by atoms with Crippen molar-refractivity contribution in [2.24, 2.45) is 23.1 Å². The Kier molecular flexibility index (Phi) is 10.6. The van der Waals surface area contributed by atoms with Crippen molar-refractivity contribution in [3.63, 3.8) is 0 Å². The predicted octanol–water partition coefficient (Wildman–Crippen LogP) is -7.96. The number of aliphatic hydroxyl groups excluding tert-OH is 8. The number of rotatable bonds is 10. The maximum Gasteiger partial charge on any atom is 0.186 e. The van der Waals surface area contributed by atoms with Gasteiger partial charge in [-0.25, -0.2) is 0 Å². The third-order valence-corrected chi connectivity index (χ3v) is 8.98. The van der Waals surface area contributed by atoms with E-state index in [1.165, 1.54) is 0 Å². The van der Waals surface area contributed by atoms with Crippen molar-refractivity contribution in [3.8, 4) is 0 Å². The van der Waals surface area contributed by atoms with Crippen molar-refractivity contribution >= 4 is 0 Å². The van der Waals surface area contributed by atoms with Crippen molar-refractivity contribution in [3.05, 3.63) is 0 Å². The summed E-state index contributed by atoms with van der Waals surface area (Å²) in [6.07, 6.45) is -17.1. The first-order valence-electron chi connectivity index (χ1n) is 14.1. The molecule has 2 aliphatic heterocycles. The van der Waals surface area contributed by atoms with Gasteiger partial charge in [-0.1, -0.05) is 6.92 Å². The molecule has 0 aromatic heterocycles. The zero-order valence-electron chi connectivity index (χ0n) is 22.8. The molecule has 17 N–H and O–H groups in total. The third kappa shape index (κ3) is 6.43. The standard InChI is InChI=1S/C24H47N5O12/c1-2-28-5-9-15(32)18(35)19(36)21(39-9)12-7(25)3-8(29-23(37)24(38)4-11(24)26)20(16(12)33)41-22-17(34)13(27)14(31)10(6-30)40-22/h7-23,28-38H,2-6,25-27H2,1H3. The summed E-state index contributed by atoms with van der Waals surface area (Å²) >= 11 is 0. The van der Waals surface area contributed by atoms with Crippen LogP contribution in [-0.2, 0) is 14.2 Å². The number of aliphatic hydroxyl groups is 9. The molecule has 240 valence electrons. The minimum absolute atomic E-state index is 0.0290. The highest BCUT2D eigenvalue weighted by Crippen LogP contribution is 2.40. The summed E-state index contributed by atoms with van der Waals surface area (Å²) in [5.41, 5.74) is 16.5. The van der Waals surface area contributed by atoms with Crippen LogP contribution in [0.15, 0.2) is 0 Å². The molecule has 0 bridgehead atoms. The molecule has 0 amide bonds. The Bertz CT molecular complexity index is 866. The number of ether oxygens (including phenoxy) is 3. The van der Waals surface area contributed by atoms with Crippen LogP contribution in [0.5, 0.6) is 0 Å². The first kappa shape index (κ1) is 33.2. The van der Waals surface area contributed by atoms with E-state index in [4.69, 9.17) is 31.4 Å². The molecular weight excluding hydrogens is 550 g/mol. The molecule has 2 heterocycles. The van der Waals surface area contributed by atoms with Crippen LogP contribution in [0.1, 0.15) is 19.8 Å². The van der Waals surface area contributed by atoms with Gasteiger partial charge in [0.25, 0.3) is 0 Å². The first-order valence-corrected chi connectivity index (χ1v) is 14.1. The molecule has 4 rings (SSSR count). The Morgan fingerprint density at radius 1 is 0.927 bits per heavy atom. The van der Waals surface area contributed by atoms with Crippen LogP contribution in [0.2, 0.25) is 0 Å². The Labute approximate surface area is 237 Å². The van der Waals surface area contributed by atoms with E-state index in [2.05, 4.69) is 10.6 Å². The Morgan fingerprint density at radius 2 is 1.59 bits per heavy atom. The van der Waals surface area contributed by atoms with Crippen LogP contribution in [0, 0.1) is 5.92 Å². The lowest BCUT2D eigenvalue weighted by atomic mass is 9.72. The second kappa shape index (κ2) is 13.1. The summed E-state index contributed by atoms with van der Waals surface area (Å²) < 4.78 is 17.5. The van der Waals surface area contributed by atoms with Gasteiger partial charge in [0, 0.05) is 30.6 Å². The van der Waals surface area contributed by atoms with Crippen molar-refractivity contribution in [1.29, 1.82) is 0 Å². The lowest BCUT2D eigenvalue weighted by Crippen LogP contribution is -2.71. The van der Waals surface area contributed by atoms with Crippen molar-refractivity contribution in [2.45, 2.75) is 123 Å². The molecule has 2 saturated heterocycles. The van der Waals surface area contributed by atoms with Gasteiger partial charge in [0.05, 0.1) is 31.0 Å². The molecule has 4 fully saturated rings. The van der Waals surface area contributed by atoms with Crippen LogP contribution in [0.4, 0.5) is 0 Å². The fraction of sp³-hybridized carbons (Fsp3) is 1.00. The average Bonchev–Trinajstić information content (AvgIpc) is 3.56. The van der Waals surface area contributed by atoms with E-state index in [1.807, 2.05) is 6.92 Å². The molecule has 0 aromatic rings. The summed E-state index contributed by atoms with van der Waals surface area (Å²) in [6.45, 7) is 1.86. The lowest BCUT2D eigenvalue weighted by Gasteiger charge is -2.52. The van der Waals surface area contributed by atoms with E-state index in [0.29, 0.717) is 6.54 Å². The zero-order chi connectivity index (χ0) is 30.4. The predicted molar refractivity (Wildman–Crippen MR) is 138 cm³/mol. The van der Waals surface area contributed by atoms with Gasteiger partial charge in [-0.3, -0.25) is 5.32 Å². The maximum absolute atomic E-state index is 11.7. The van der Waals surface area contributed by atoms with Crippen LogP contribution < -0.4 is 27.8 Å². The van der Waals surface area contributed by atoms with E-state index in [-0.39, 0.29) is 19.4 Å². The normalized spacial score (nSPS) is 53.2. The van der Waals surface area contributed by atoms with E-state index in [0.717, 1.165) is 0 Å². The van der Waals surface area contributed by atoms with E-state index >= 15 is 0 Å². The van der Waals surface area contributed by atoms with Gasteiger partial charge in [-0.2, -0.15) is 0 Å². The van der Waals surface area contributed by atoms with Gasteiger partial charge in [0.2, 0.25) is 0 Å².